The molecule has 0 aromatic heterocycles. The fourth-order valence-corrected chi connectivity index (χ4v) is 2.00. The van der Waals surface area contributed by atoms with Crippen LogP contribution in [0.5, 0.6) is 0 Å². The summed E-state index contributed by atoms with van der Waals surface area (Å²) in [6, 6.07) is 6.12. The summed E-state index contributed by atoms with van der Waals surface area (Å²) in [4.78, 5) is 11.8. The Morgan fingerprint density at radius 1 is 1.42 bits per heavy atom. The highest BCUT2D eigenvalue weighted by Crippen LogP contribution is 2.21. The molecule has 2 nitrogen and oxygen atoms in total. The van der Waals surface area contributed by atoms with Crippen LogP contribution in [-0.4, -0.2) is 18.3 Å². The largest absolute Gasteiger partial charge is 0.355 e. The van der Waals surface area contributed by atoms with Gasteiger partial charge in [-0.2, -0.15) is 0 Å². The van der Waals surface area contributed by atoms with Gasteiger partial charge in [0.25, 0.3) is 0 Å². The minimum absolute atomic E-state index is 0.0342. The lowest BCUT2D eigenvalue weighted by molar-refractivity contribution is -0.120. The summed E-state index contributed by atoms with van der Waals surface area (Å²) in [5.41, 5.74) is 0.725. The van der Waals surface area contributed by atoms with Gasteiger partial charge in [-0.25, -0.2) is 4.39 Å². The number of amides is 1. The first-order chi connectivity index (χ1) is 8.93. The summed E-state index contributed by atoms with van der Waals surface area (Å²) < 4.78 is 13.0. The molecular formula is C15H21ClFNO. The SMILES string of the molecule is CC(C)(CCCCl)CNC(=O)Cc1cccc(F)c1. The third-order valence-electron chi connectivity index (χ3n) is 3.01. The van der Waals surface area contributed by atoms with Gasteiger partial charge >= 0.3 is 0 Å². The molecule has 0 radical (unpaired) electrons. The molecule has 1 aromatic carbocycles. The standard InChI is InChI=1S/C15H21ClFNO/c1-15(2,7-4-8-16)11-18-14(19)10-12-5-3-6-13(17)9-12/h3,5-6,9H,4,7-8,10-11H2,1-2H3,(H,18,19). The maximum atomic E-state index is 13.0. The van der Waals surface area contributed by atoms with Crippen LogP contribution in [0.15, 0.2) is 24.3 Å². The maximum absolute atomic E-state index is 13.0. The number of rotatable bonds is 7. The second-order valence-corrected chi connectivity index (χ2v) is 5.92. The van der Waals surface area contributed by atoms with E-state index in [1.54, 1.807) is 12.1 Å². The lowest BCUT2D eigenvalue weighted by Gasteiger charge is -2.24. The zero-order chi connectivity index (χ0) is 14.3. The average Bonchev–Trinajstić information content (AvgIpc) is 2.34. The lowest BCUT2D eigenvalue weighted by atomic mass is 9.88. The maximum Gasteiger partial charge on any atom is 0.224 e. The van der Waals surface area contributed by atoms with E-state index in [-0.39, 0.29) is 23.6 Å². The number of halogens is 2. The van der Waals surface area contributed by atoms with Gasteiger partial charge in [0.15, 0.2) is 0 Å². The molecule has 0 aliphatic carbocycles. The van der Waals surface area contributed by atoms with Gasteiger partial charge in [0.05, 0.1) is 6.42 Å². The number of hydrogen-bond acceptors (Lipinski definition) is 1. The molecule has 0 fully saturated rings. The van der Waals surface area contributed by atoms with E-state index in [0.29, 0.717) is 18.0 Å². The molecule has 1 N–H and O–H groups in total. The fourth-order valence-electron chi connectivity index (χ4n) is 1.87. The molecule has 1 aromatic rings. The molecule has 0 aliphatic rings. The zero-order valence-electron chi connectivity index (χ0n) is 11.5. The molecule has 0 atom stereocenters. The lowest BCUT2D eigenvalue weighted by Crippen LogP contribution is -2.35. The highest BCUT2D eigenvalue weighted by atomic mass is 35.5. The number of carbonyl (C=O) groups is 1. The number of alkyl halides is 1. The van der Waals surface area contributed by atoms with Crippen LogP contribution in [0.2, 0.25) is 0 Å². The molecule has 0 saturated carbocycles. The molecule has 0 saturated heterocycles. The predicted molar refractivity (Wildman–Crippen MR) is 76.8 cm³/mol. The molecule has 0 bridgehead atoms. The second kappa shape index (κ2) is 7.49. The van der Waals surface area contributed by atoms with Crippen molar-refractivity contribution in [3.05, 3.63) is 35.6 Å². The van der Waals surface area contributed by atoms with E-state index in [1.807, 2.05) is 0 Å². The van der Waals surface area contributed by atoms with Crippen LogP contribution in [0, 0.1) is 11.2 Å². The van der Waals surface area contributed by atoms with Gasteiger partial charge in [0.1, 0.15) is 5.82 Å². The Kier molecular flexibility index (Phi) is 6.29. The fraction of sp³-hybridized carbons (Fsp3) is 0.533. The normalized spacial score (nSPS) is 11.4. The molecular weight excluding hydrogens is 265 g/mol. The highest BCUT2D eigenvalue weighted by Gasteiger charge is 2.18. The minimum atomic E-state index is -0.312. The third-order valence-corrected chi connectivity index (χ3v) is 3.27. The van der Waals surface area contributed by atoms with E-state index in [1.165, 1.54) is 12.1 Å². The highest BCUT2D eigenvalue weighted by molar-refractivity contribution is 6.17. The summed E-state index contributed by atoms with van der Waals surface area (Å²) in [7, 11) is 0. The first-order valence-corrected chi connectivity index (χ1v) is 7.03. The van der Waals surface area contributed by atoms with Crippen LogP contribution in [0.3, 0.4) is 0 Å². The van der Waals surface area contributed by atoms with Crippen molar-refractivity contribution >= 4 is 17.5 Å². The third kappa shape index (κ3) is 6.58. The average molecular weight is 286 g/mol. The Morgan fingerprint density at radius 3 is 2.79 bits per heavy atom. The van der Waals surface area contributed by atoms with Crippen LogP contribution in [-0.2, 0) is 11.2 Å². The molecule has 0 heterocycles. The number of carbonyl (C=O) groups excluding carboxylic acids is 1. The van der Waals surface area contributed by atoms with Crippen LogP contribution >= 0.6 is 11.6 Å². The van der Waals surface area contributed by atoms with E-state index in [9.17, 15) is 9.18 Å². The molecule has 1 rings (SSSR count). The summed E-state index contributed by atoms with van der Waals surface area (Å²) in [5.74, 6) is 0.248. The Labute approximate surface area is 119 Å². The molecule has 0 unspecified atom stereocenters. The number of nitrogens with one attached hydrogen (secondary N) is 1. The molecule has 1 amide bonds. The zero-order valence-corrected chi connectivity index (χ0v) is 12.3. The summed E-state index contributed by atoms with van der Waals surface area (Å²) >= 11 is 5.67. The van der Waals surface area contributed by atoms with Crippen molar-refractivity contribution in [2.24, 2.45) is 5.41 Å². The van der Waals surface area contributed by atoms with Crippen LogP contribution < -0.4 is 5.32 Å². The van der Waals surface area contributed by atoms with Crippen LogP contribution in [0.25, 0.3) is 0 Å². The van der Waals surface area contributed by atoms with Crippen molar-refractivity contribution in [2.75, 3.05) is 12.4 Å². The van der Waals surface area contributed by atoms with Crippen LogP contribution in [0.1, 0.15) is 32.3 Å². The first kappa shape index (κ1) is 16.0. The molecule has 4 heteroatoms. The van der Waals surface area contributed by atoms with Crippen molar-refractivity contribution in [3.63, 3.8) is 0 Å². The number of hydrogen-bond donors (Lipinski definition) is 1. The van der Waals surface area contributed by atoms with E-state index >= 15 is 0 Å². The Balaban J connectivity index is 2.39. The van der Waals surface area contributed by atoms with Gasteiger partial charge < -0.3 is 5.32 Å². The number of benzene rings is 1. The molecule has 0 spiro atoms. The van der Waals surface area contributed by atoms with Gasteiger partial charge in [-0.15, -0.1) is 11.6 Å². The van der Waals surface area contributed by atoms with E-state index < -0.39 is 0 Å². The summed E-state index contributed by atoms with van der Waals surface area (Å²) in [6.45, 7) is 4.81. The van der Waals surface area contributed by atoms with E-state index in [2.05, 4.69) is 19.2 Å². The smallest absolute Gasteiger partial charge is 0.224 e. The van der Waals surface area contributed by atoms with Crippen LogP contribution in [0.4, 0.5) is 4.39 Å². The monoisotopic (exact) mass is 285 g/mol. The van der Waals surface area contributed by atoms with E-state index in [0.717, 1.165) is 12.8 Å². The van der Waals surface area contributed by atoms with Crippen molar-refractivity contribution in [2.45, 2.75) is 33.1 Å². The van der Waals surface area contributed by atoms with Crippen molar-refractivity contribution in [1.29, 1.82) is 0 Å². The molecule has 106 valence electrons. The van der Waals surface area contributed by atoms with E-state index in [4.69, 9.17) is 11.6 Å². The van der Waals surface area contributed by atoms with Crippen molar-refractivity contribution in [1.82, 2.24) is 5.32 Å². The van der Waals surface area contributed by atoms with Crippen molar-refractivity contribution in [3.8, 4) is 0 Å². The summed E-state index contributed by atoms with van der Waals surface area (Å²) in [5, 5.41) is 2.90. The van der Waals surface area contributed by atoms with Gasteiger partial charge in [0.2, 0.25) is 5.91 Å². The first-order valence-electron chi connectivity index (χ1n) is 6.50. The summed E-state index contributed by atoms with van der Waals surface area (Å²) in [6.07, 6.45) is 2.12. The quantitative estimate of drug-likeness (QED) is 0.763. The molecule has 0 aliphatic heterocycles. The topological polar surface area (TPSA) is 29.1 Å². The minimum Gasteiger partial charge on any atom is -0.355 e. The van der Waals surface area contributed by atoms with Gasteiger partial charge in [-0.05, 0) is 36.0 Å². The van der Waals surface area contributed by atoms with Crippen molar-refractivity contribution < 1.29 is 9.18 Å². The Morgan fingerprint density at radius 2 is 2.16 bits per heavy atom. The Hall–Kier alpha value is -1.09. The predicted octanol–water partition coefficient (Wildman–Crippen LogP) is 3.53. The van der Waals surface area contributed by atoms with Gasteiger partial charge in [-0.1, -0.05) is 26.0 Å². The van der Waals surface area contributed by atoms with Gasteiger partial charge in [-0.3, -0.25) is 4.79 Å². The Bertz CT molecular complexity index is 420. The molecule has 19 heavy (non-hydrogen) atoms. The second-order valence-electron chi connectivity index (χ2n) is 5.54. The van der Waals surface area contributed by atoms with Gasteiger partial charge in [0, 0.05) is 12.4 Å².